The van der Waals surface area contributed by atoms with Crippen LogP contribution in [0.3, 0.4) is 0 Å². The summed E-state index contributed by atoms with van der Waals surface area (Å²) in [6, 6.07) is 0. The maximum atomic E-state index is 12.8. The second-order valence-electron chi connectivity index (χ2n) is 15.5. The zero-order valence-corrected chi connectivity index (χ0v) is 34.9. The molecule has 10 heteroatoms. The van der Waals surface area contributed by atoms with E-state index in [2.05, 4.69) is 38.2 Å². The van der Waals surface area contributed by atoms with Crippen molar-refractivity contribution in [2.75, 3.05) is 19.8 Å². The number of aliphatic hydroxyl groups is 4. The zero-order chi connectivity index (χ0) is 40.2. The molecule has 0 bridgehead atoms. The number of hydrogen-bond donors (Lipinski definition) is 4. The van der Waals surface area contributed by atoms with E-state index in [1.54, 1.807) is 0 Å². The topological polar surface area (TPSA) is 152 Å². The van der Waals surface area contributed by atoms with Gasteiger partial charge in [-0.25, -0.2) is 0 Å². The normalized spacial score (nSPS) is 20.7. The van der Waals surface area contributed by atoms with Gasteiger partial charge in [0.2, 0.25) is 0 Å². The second-order valence-corrected chi connectivity index (χ2v) is 15.5. The number of unbranched alkanes of at least 4 members (excludes halogenated alkanes) is 22. The molecular weight excluding hydrogens is 700 g/mol. The van der Waals surface area contributed by atoms with E-state index in [9.17, 15) is 30.0 Å². The third kappa shape index (κ3) is 28.3. The minimum absolute atomic E-state index is 0.217. The first kappa shape index (κ1) is 51.2. The lowest BCUT2D eigenvalue weighted by molar-refractivity contribution is -0.305. The van der Waals surface area contributed by atoms with Gasteiger partial charge in [0.15, 0.2) is 12.4 Å². The van der Waals surface area contributed by atoms with Crippen LogP contribution in [0.1, 0.15) is 194 Å². The highest BCUT2D eigenvalue weighted by atomic mass is 16.7. The highest BCUT2D eigenvalue weighted by molar-refractivity contribution is 5.70. The molecule has 1 heterocycles. The Balaban J connectivity index is 2.32. The van der Waals surface area contributed by atoms with Gasteiger partial charge >= 0.3 is 11.9 Å². The Bertz CT molecular complexity index is 954. The van der Waals surface area contributed by atoms with Crippen LogP contribution in [0.4, 0.5) is 0 Å². The molecule has 0 aliphatic carbocycles. The van der Waals surface area contributed by atoms with Crippen molar-refractivity contribution in [1.29, 1.82) is 0 Å². The average molecular weight is 783 g/mol. The van der Waals surface area contributed by atoms with Crippen molar-refractivity contribution in [3.8, 4) is 0 Å². The molecule has 10 nitrogen and oxygen atoms in total. The molecule has 0 amide bonds. The summed E-state index contributed by atoms with van der Waals surface area (Å²) >= 11 is 0. The van der Waals surface area contributed by atoms with Crippen molar-refractivity contribution in [3.05, 3.63) is 24.3 Å². The SMILES string of the molecule is CCCC/C=C/CCCCCCCCCCCC(=O)OC[C@@H](CO[C@H]1O[C@@H](CO)[C@@H](O)C(O)C1O)OC(=O)CCCCCCCCCCC/C=C/CCCC. The number of esters is 2. The highest BCUT2D eigenvalue weighted by Gasteiger charge is 2.44. The van der Waals surface area contributed by atoms with Crippen LogP contribution in [0.25, 0.3) is 0 Å². The smallest absolute Gasteiger partial charge is 0.306 e. The molecule has 4 N–H and O–H groups in total. The van der Waals surface area contributed by atoms with E-state index in [-0.39, 0.29) is 32.0 Å². The lowest BCUT2D eigenvalue weighted by atomic mass is 9.99. The fourth-order valence-corrected chi connectivity index (χ4v) is 6.68. The largest absolute Gasteiger partial charge is 0.462 e. The number of allylic oxidation sites excluding steroid dienone is 4. The number of aliphatic hydroxyl groups excluding tert-OH is 4. The van der Waals surface area contributed by atoms with Crippen molar-refractivity contribution in [2.45, 2.75) is 230 Å². The van der Waals surface area contributed by atoms with Crippen LogP contribution in [0.5, 0.6) is 0 Å². The van der Waals surface area contributed by atoms with Gasteiger partial charge in [-0.15, -0.1) is 0 Å². The summed E-state index contributed by atoms with van der Waals surface area (Å²) in [5, 5.41) is 40.0. The molecular formula is C45H82O10. The van der Waals surface area contributed by atoms with Crippen LogP contribution in [0.2, 0.25) is 0 Å². The molecule has 2 unspecified atom stereocenters. The first-order chi connectivity index (χ1) is 26.8. The molecule has 0 aromatic carbocycles. The van der Waals surface area contributed by atoms with Gasteiger partial charge < -0.3 is 39.4 Å². The Morgan fingerprint density at radius 1 is 0.545 bits per heavy atom. The van der Waals surface area contributed by atoms with Crippen molar-refractivity contribution < 1.29 is 49.0 Å². The molecule has 1 aliphatic rings. The van der Waals surface area contributed by atoms with Crippen LogP contribution >= 0.6 is 0 Å². The number of hydrogen-bond acceptors (Lipinski definition) is 10. The summed E-state index contributed by atoms with van der Waals surface area (Å²) in [6.07, 6.45) is 31.8. The third-order valence-corrected chi connectivity index (χ3v) is 10.3. The van der Waals surface area contributed by atoms with Gasteiger partial charge in [0.25, 0.3) is 0 Å². The maximum absolute atomic E-state index is 12.8. The molecule has 6 atom stereocenters. The second kappa shape index (κ2) is 36.5. The van der Waals surface area contributed by atoms with Gasteiger partial charge in [-0.3, -0.25) is 9.59 Å². The van der Waals surface area contributed by atoms with E-state index >= 15 is 0 Å². The molecule has 0 spiro atoms. The van der Waals surface area contributed by atoms with E-state index < -0.39 is 49.4 Å². The first-order valence-electron chi connectivity index (χ1n) is 22.4. The molecule has 322 valence electrons. The van der Waals surface area contributed by atoms with Crippen LogP contribution in [-0.2, 0) is 28.5 Å². The Kier molecular flexibility index (Phi) is 34.0. The van der Waals surface area contributed by atoms with Crippen molar-refractivity contribution in [2.24, 2.45) is 0 Å². The predicted molar refractivity (Wildman–Crippen MR) is 219 cm³/mol. The third-order valence-electron chi connectivity index (χ3n) is 10.3. The first-order valence-corrected chi connectivity index (χ1v) is 22.4. The minimum atomic E-state index is -1.59. The number of carbonyl (C=O) groups excluding carboxylic acids is 2. The number of rotatable bonds is 37. The molecule has 0 aromatic rings. The minimum Gasteiger partial charge on any atom is -0.462 e. The van der Waals surface area contributed by atoms with Gasteiger partial charge in [0.05, 0.1) is 13.2 Å². The summed E-state index contributed by atoms with van der Waals surface area (Å²) in [7, 11) is 0. The predicted octanol–water partition coefficient (Wildman–Crippen LogP) is 9.33. The van der Waals surface area contributed by atoms with Gasteiger partial charge in [-0.05, 0) is 51.4 Å². The summed E-state index contributed by atoms with van der Waals surface area (Å²) in [5.41, 5.74) is 0. The fourth-order valence-electron chi connectivity index (χ4n) is 6.68. The van der Waals surface area contributed by atoms with Gasteiger partial charge in [0.1, 0.15) is 31.0 Å². The number of carbonyl (C=O) groups is 2. The van der Waals surface area contributed by atoms with Crippen LogP contribution in [-0.4, -0.2) is 89.0 Å². The van der Waals surface area contributed by atoms with Crippen LogP contribution in [0.15, 0.2) is 24.3 Å². The standard InChI is InChI=1S/C45H82O10/c1-3-5-7-9-11-13-15-17-19-21-23-25-27-29-31-33-40(47)52-36-38(37-53-45-44(51)43(50)42(49)39(35-46)55-45)54-41(48)34-32-30-28-26-24-22-20-18-16-14-12-10-8-6-4-2/h9-12,38-39,42-46,49-51H,3-8,13-37H2,1-2H3/b11-9+,12-10+/t38-,39-,42+,43?,44?,45-/m0/s1. The molecule has 1 rings (SSSR count). The Hall–Kier alpha value is -1.82. The monoisotopic (exact) mass is 783 g/mol. The van der Waals surface area contributed by atoms with Crippen LogP contribution < -0.4 is 0 Å². The van der Waals surface area contributed by atoms with Crippen molar-refractivity contribution in [3.63, 3.8) is 0 Å². The molecule has 1 aliphatic heterocycles. The van der Waals surface area contributed by atoms with E-state index in [0.29, 0.717) is 6.42 Å². The quantitative estimate of drug-likeness (QED) is 0.0273. The highest BCUT2D eigenvalue weighted by Crippen LogP contribution is 2.23. The van der Waals surface area contributed by atoms with Crippen LogP contribution in [0, 0.1) is 0 Å². The van der Waals surface area contributed by atoms with E-state index in [1.165, 1.54) is 116 Å². The number of ether oxygens (including phenoxy) is 4. The lowest BCUT2D eigenvalue weighted by Gasteiger charge is -2.39. The lowest BCUT2D eigenvalue weighted by Crippen LogP contribution is -2.59. The van der Waals surface area contributed by atoms with Gasteiger partial charge in [-0.2, -0.15) is 0 Å². The summed E-state index contributed by atoms with van der Waals surface area (Å²) in [6.45, 7) is 3.37. The summed E-state index contributed by atoms with van der Waals surface area (Å²) < 4.78 is 22.2. The molecule has 0 aromatic heterocycles. The van der Waals surface area contributed by atoms with Gasteiger partial charge in [-0.1, -0.05) is 154 Å². The molecule has 1 fully saturated rings. The zero-order valence-electron chi connectivity index (χ0n) is 34.9. The fraction of sp³-hybridized carbons (Fsp3) is 0.867. The Morgan fingerprint density at radius 3 is 1.42 bits per heavy atom. The van der Waals surface area contributed by atoms with E-state index in [4.69, 9.17) is 18.9 Å². The molecule has 0 saturated carbocycles. The molecule has 55 heavy (non-hydrogen) atoms. The molecule has 1 saturated heterocycles. The Morgan fingerprint density at radius 2 is 0.964 bits per heavy atom. The Labute approximate surface area is 334 Å². The van der Waals surface area contributed by atoms with Gasteiger partial charge in [0, 0.05) is 12.8 Å². The van der Waals surface area contributed by atoms with Crippen molar-refractivity contribution >= 4 is 11.9 Å². The maximum Gasteiger partial charge on any atom is 0.306 e. The van der Waals surface area contributed by atoms with E-state index in [0.717, 1.165) is 44.9 Å². The average Bonchev–Trinajstić information content (AvgIpc) is 3.18. The molecule has 0 radical (unpaired) electrons. The van der Waals surface area contributed by atoms with E-state index in [1.807, 2.05) is 0 Å². The summed E-state index contributed by atoms with van der Waals surface area (Å²) in [4.78, 5) is 25.3. The summed E-state index contributed by atoms with van der Waals surface area (Å²) in [5.74, 6) is -0.807. The van der Waals surface area contributed by atoms with Crippen molar-refractivity contribution in [1.82, 2.24) is 0 Å².